The molecular weight excluding hydrogens is 398 g/mol. The lowest BCUT2D eigenvalue weighted by atomic mass is 9.97. The van der Waals surface area contributed by atoms with E-state index in [-0.39, 0.29) is 11.6 Å². The van der Waals surface area contributed by atoms with Crippen LogP contribution in [0.15, 0.2) is 48.1 Å². The van der Waals surface area contributed by atoms with Gasteiger partial charge in [-0.25, -0.2) is 9.78 Å². The van der Waals surface area contributed by atoms with Crippen molar-refractivity contribution in [2.75, 3.05) is 12.4 Å². The van der Waals surface area contributed by atoms with Gasteiger partial charge in [0.25, 0.3) is 5.91 Å². The number of hydrogen-bond donors (Lipinski definition) is 1. The lowest BCUT2D eigenvalue weighted by molar-refractivity contribution is 0.0603. The van der Waals surface area contributed by atoms with Crippen molar-refractivity contribution in [3.63, 3.8) is 0 Å². The molecule has 30 heavy (non-hydrogen) atoms. The normalized spacial score (nSPS) is 10.9. The minimum atomic E-state index is -0.493. The second kappa shape index (κ2) is 7.76. The Morgan fingerprint density at radius 2 is 1.83 bits per heavy atom. The molecule has 3 aromatic heterocycles. The average Bonchev–Trinajstić information content (AvgIpc) is 3.33. The minimum absolute atomic E-state index is 0.276. The molecule has 1 amide bonds. The molecular formula is C23H21N3O3S. The Labute approximate surface area is 178 Å². The molecule has 1 aromatic carbocycles. The number of nitrogens with zero attached hydrogens (tertiary/aromatic N) is 2. The van der Waals surface area contributed by atoms with Gasteiger partial charge in [-0.1, -0.05) is 23.8 Å². The number of carbonyl (C=O) groups excluding carboxylic acids is 2. The number of fused-ring (bicyclic) bond motifs is 1. The number of amides is 1. The van der Waals surface area contributed by atoms with Crippen molar-refractivity contribution < 1.29 is 14.3 Å². The first kappa shape index (κ1) is 19.8. The van der Waals surface area contributed by atoms with Gasteiger partial charge in [-0.3, -0.25) is 4.79 Å². The van der Waals surface area contributed by atoms with E-state index in [4.69, 9.17) is 4.74 Å². The van der Waals surface area contributed by atoms with E-state index in [1.165, 1.54) is 18.4 Å². The molecule has 7 heteroatoms. The zero-order chi connectivity index (χ0) is 21.4. The summed E-state index contributed by atoms with van der Waals surface area (Å²) in [4.78, 5) is 29.9. The van der Waals surface area contributed by atoms with Gasteiger partial charge < -0.3 is 14.5 Å². The number of hydrogen-bond acceptors (Lipinski definition) is 5. The molecule has 0 spiro atoms. The summed E-state index contributed by atoms with van der Waals surface area (Å²) in [5.41, 5.74) is 6.19. The van der Waals surface area contributed by atoms with Crippen LogP contribution in [-0.4, -0.2) is 28.4 Å². The summed E-state index contributed by atoms with van der Waals surface area (Å²) in [5, 5.41) is 5.16. The fourth-order valence-electron chi connectivity index (χ4n) is 3.34. The maximum atomic E-state index is 12.9. The number of anilines is 1. The van der Waals surface area contributed by atoms with Crippen LogP contribution in [-0.2, 0) is 4.74 Å². The molecule has 0 atom stereocenters. The minimum Gasteiger partial charge on any atom is -0.465 e. The number of methoxy groups -OCH3 is 1. The van der Waals surface area contributed by atoms with Crippen molar-refractivity contribution in [3.05, 3.63) is 76.1 Å². The van der Waals surface area contributed by atoms with Gasteiger partial charge in [0.2, 0.25) is 0 Å². The number of imidazole rings is 1. The molecule has 0 saturated carbocycles. The molecule has 0 aliphatic rings. The number of ether oxygens (including phenoxy) is 1. The Kier molecular flexibility index (Phi) is 5.13. The van der Waals surface area contributed by atoms with E-state index >= 15 is 0 Å². The van der Waals surface area contributed by atoms with Crippen LogP contribution in [0.1, 0.15) is 37.5 Å². The van der Waals surface area contributed by atoms with Gasteiger partial charge in [0.1, 0.15) is 21.9 Å². The summed E-state index contributed by atoms with van der Waals surface area (Å²) in [6, 6.07) is 9.92. The number of thiophene rings is 1. The molecule has 4 aromatic rings. The molecule has 0 bridgehead atoms. The number of esters is 1. The average molecular weight is 420 g/mol. The molecule has 0 aliphatic carbocycles. The van der Waals surface area contributed by atoms with Gasteiger partial charge in [0.05, 0.1) is 7.11 Å². The SMILES string of the molecule is COC(=O)c1c(-c2cc(C)ccc2C)csc1NC(=O)c1cn2ccc(C)cc2n1. The number of benzene rings is 1. The van der Waals surface area contributed by atoms with E-state index in [0.29, 0.717) is 16.2 Å². The van der Waals surface area contributed by atoms with Crippen LogP contribution >= 0.6 is 11.3 Å². The van der Waals surface area contributed by atoms with Crippen molar-refractivity contribution >= 4 is 33.9 Å². The number of nitrogens with one attached hydrogen (secondary N) is 1. The maximum absolute atomic E-state index is 12.9. The van der Waals surface area contributed by atoms with Crippen molar-refractivity contribution in [1.29, 1.82) is 0 Å². The monoisotopic (exact) mass is 419 g/mol. The first-order chi connectivity index (χ1) is 14.4. The molecule has 3 heterocycles. The summed E-state index contributed by atoms with van der Waals surface area (Å²) in [6.45, 7) is 5.96. The van der Waals surface area contributed by atoms with Crippen molar-refractivity contribution in [2.24, 2.45) is 0 Å². The fourth-order valence-corrected chi connectivity index (χ4v) is 4.28. The van der Waals surface area contributed by atoms with Gasteiger partial charge >= 0.3 is 5.97 Å². The number of carbonyl (C=O) groups is 2. The second-order valence-electron chi connectivity index (χ2n) is 7.21. The quantitative estimate of drug-likeness (QED) is 0.471. The van der Waals surface area contributed by atoms with Gasteiger partial charge in [0.15, 0.2) is 0 Å². The Hall–Kier alpha value is -3.45. The third kappa shape index (κ3) is 3.59. The van der Waals surface area contributed by atoms with Gasteiger partial charge in [-0.2, -0.15) is 0 Å². The Morgan fingerprint density at radius 3 is 2.60 bits per heavy atom. The highest BCUT2D eigenvalue weighted by atomic mass is 32.1. The standard InChI is InChI=1S/C23H21N3O3S/c1-13-5-6-15(3)16(9-13)17-12-30-22(20(17)23(28)29-4)25-21(27)18-11-26-8-7-14(2)10-19(26)24-18/h5-12H,1-4H3,(H,25,27). The number of aryl methyl sites for hydroxylation is 3. The molecule has 0 unspecified atom stereocenters. The zero-order valence-corrected chi connectivity index (χ0v) is 18.0. The largest absolute Gasteiger partial charge is 0.465 e. The maximum Gasteiger partial charge on any atom is 0.341 e. The van der Waals surface area contributed by atoms with E-state index in [1.807, 2.05) is 62.7 Å². The molecule has 1 N–H and O–H groups in total. The predicted octanol–water partition coefficient (Wildman–Crippen LogP) is 5.03. The van der Waals surface area contributed by atoms with E-state index in [9.17, 15) is 9.59 Å². The number of aromatic nitrogens is 2. The van der Waals surface area contributed by atoms with Crippen LogP contribution in [0.4, 0.5) is 5.00 Å². The molecule has 4 rings (SSSR count). The first-order valence-electron chi connectivity index (χ1n) is 9.41. The highest BCUT2D eigenvalue weighted by Gasteiger charge is 2.24. The molecule has 0 saturated heterocycles. The van der Waals surface area contributed by atoms with E-state index in [1.54, 1.807) is 10.6 Å². The topological polar surface area (TPSA) is 72.7 Å². The third-order valence-corrected chi connectivity index (χ3v) is 5.83. The van der Waals surface area contributed by atoms with Gasteiger partial charge in [0, 0.05) is 23.3 Å². The Morgan fingerprint density at radius 1 is 1.07 bits per heavy atom. The summed E-state index contributed by atoms with van der Waals surface area (Å²) in [6.07, 6.45) is 3.53. The van der Waals surface area contributed by atoms with Gasteiger partial charge in [-0.05, 0) is 49.6 Å². The summed E-state index contributed by atoms with van der Waals surface area (Å²) < 4.78 is 6.80. The van der Waals surface area contributed by atoms with Crippen LogP contribution in [0.3, 0.4) is 0 Å². The number of rotatable bonds is 4. The van der Waals surface area contributed by atoms with E-state index in [0.717, 1.165) is 27.8 Å². The smallest absolute Gasteiger partial charge is 0.341 e. The number of pyridine rings is 1. The highest BCUT2D eigenvalue weighted by Crippen LogP contribution is 2.38. The van der Waals surface area contributed by atoms with Crippen molar-refractivity contribution in [1.82, 2.24) is 9.38 Å². The Balaban J connectivity index is 1.73. The molecule has 0 aliphatic heterocycles. The lowest BCUT2D eigenvalue weighted by Gasteiger charge is -2.10. The summed E-state index contributed by atoms with van der Waals surface area (Å²) in [7, 11) is 1.34. The fraction of sp³-hybridized carbons (Fsp3) is 0.174. The predicted molar refractivity (Wildman–Crippen MR) is 118 cm³/mol. The van der Waals surface area contributed by atoms with E-state index < -0.39 is 5.97 Å². The summed E-state index contributed by atoms with van der Waals surface area (Å²) in [5.74, 6) is -0.871. The third-order valence-electron chi connectivity index (χ3n) is 4.94. The summed E-state index contributed by atoms with van der Waals surface area (Å²) >= 11 is 1.29. The van der Waals surface area contributed by atoms with Crippen molar-refractivity contribution in [3.8, 4) is 11.1 Å². The van der Waals surface area contributed by atoms with Crippen LogP contribution in [0.2, 0.25) is 0 Å². The lowest BCUT2D eigenvalue weighted by Crippen LogP contribution is -2.14. The molecule has 6 nitrogen and oxygen atoms in total. The van der Waals surface area contributed by atoms with E-state index in [2.05, 4.69) is 10.3 Å². The van der Waals surface area contributed by atoms with Crippen LogP contribution in [0.5, 0.6) is 0 Å². The molecule has 0 radical (unpaired) electrons. The van der Waals surface area contributed by atoms with Crippen molar-refractivity contribution in [2.45, 2.75) is 20.8 Å². The second-order valence-corrected chi connectivity index (χ2v) is 8.09. The van der Waals surface area contributed by atoms with Crippen LogP contribution in [0, 0.1) is 20.8 Å². The molecule has 0 fully saturated rings. The van der Waals surface area contributed by atoms with Crippen LogP contribution < -0.4 is 5.32 Å². The first-order valence-corrected chi connectivity index (χ1v) is 10.3. The zero-order valence-electron chi connectivity index (χ0n) is 17.1. The molecule has 152 valence electrons. The Bertz CT molecular complexity index is 1290. The highest BCUT2D eigenvalue weighted by molar-refractivity contribution is 7.15. The van der Waals surface area contributed by atoms with Crippen LogP contribution in [0.25, 0.3) is 16.8 Å². The van der Waals surface area contributed by atoms with Gasteiger partial charge in [-0.15, -0.1) is 11.3 Å².